The fourth-order valence-electron chi connectivity index (χ4n) is 5.08. The standard InChI is InChI=1S/C29H29F3N4O2/c1-3-25(37)35-14-5-4-12-24(35)28-34-26(27-19(2)33-13-15-36(27)28)21-9-7-11-23(17-21)38-18-20-8-6-10-22(16-20)29(30,31)32/h3,6-11,13,15-17,24-25,37H,1,4-5,12,14,18H2,2H3/t24-,25?/m0/s1. The highest BCUT2D eigenvalue weighted by Crippen LogP contribution is 2.37. The Hall–Kier alpha value is -3.69. The Bertz CT molecular complexity index is 1450. The molecule has 1 unspecified atom stereocenters. The van der Waals surface area contributed by atoms with Gasteiger partial charge in [-0.05, 0) is 55.7 Å². The van der Waals surface area contributed by atoms with Gasteiger partial charge in [0.15, 0.2) is 0 Å². The van der Waals surface area contributed by atoms with Crippen LogP contribution in [0.4, 0.5) is 13.2 Å². The topological polar surface area (TPSA) is 62.9 Å². The predicted octanol–water partition coefficient (Wildman–Crippen LogP) is 6.33. The number of halogens is 3. The van der Waals surface area contributed by atoms with Crippen LogP contribution < -0.4 is 4.74 Å². The molecule has 9 heteroatoms. The van der Waals surface area contributed by atoms with Crippen LogP contribution in [0.3, 0.4) is 0 Å². The average Bonchev–Trinajstić information content (AvgIpc) is 3.32. The number of likely N-dealkylation sites (tertiary alicyclic amines) is 1. The first kappa shape index (κ1) is 25.9. The molecule has 1 N–H and O–H groups in total. The summed E-state index contributed by atoms with van der Waals surface area (Å²) in [6, 6.07) is 12.4. The van der Waals surface area contributed by atoms with Gasteiger partial charge in [0.05, 0.1) is 28.5 Å². The van der Waals surface area contributed by atoms with E-state index in [0.717, 1.165) is 66.2 Å². The number of benzene rings is 2. The van der Waals surface area contributed by atoms with Crippen molar-refractivity contribution in [3.8, 4) is 17.0 Å². The lowest BCUT2D eigenvalue weighted by Gasteiger charge is -2.37. The van der Waals surface area contributed by atoms with Crippen LogP contribution >= 0.6 is 0 Å². The quantitative estimate of drug-likeness (QED) is 0.287. The first-order valence-corrected chi connectivity index (χ1v) is 12.6. The predicted molar refractivity (Wildman–Crippen MR) is 138 cm³/mol. The fraction of sp³-hybridized carbons (Fsp3) is 0.310. The van der Waals surface area contributed by atoms with E-state index in [9.17, 15) is 18.3 Å². The van der Waals surface area contributed by atoms with Crippen molar-refractivity contribution in [3.63, 3.8) is 0 Å². The minimum atomic E-state index is -4.41. The lowest BCUT2D eigenvalue weighted by Crippen LogP contribution is -2.41. The highest BCUT2D eigenvalue weighted by atomic mass is 19.4. The molecule has 0 bridgehead atoms. The number of nitrogens with zero attached hydrogens (tertiary/aromatic N) is 4. The molecule has 0 amide bonds. The second-order valence-electron chi connectivity index (χ2n) is 9.46. The van der Waals surface area contributed by atoms with E-state index in [4.69, 9.17) is 9.72 Å². The number of aliphatic hydroxyl groups is 1. The maximum atomic E-state index is 13.1. The van der Waals surface area contributed by atoms with Crippen LogP contribution in [0.5, 0.6) is 5.75 Å². The monoisotopic (exact) mass is 522 g/mol. The van der Waals surface area contributed by atoms with Crippen LogP contribution in [0.2, 0.25) is 0 Å². The third kappa shape index (κ3) is 5.16. The van der Waals surface area contributed by atoms with Crippen molar-refractivity contribution >= 4 is 5.52 Å². The summed E-state index contributed by atoms with van der Waals surface area (Å²) >= 11 is 0. The molecule has 1 saturated heterocycles. The molecular weight excluding hydrogens is 493 g/mol. The normalized spacial score (nSPS) is 17.4. The van der Waals surface area contributed by atoms with Gasteiger partial charge in [0, 0.05) is 24.5 Å². The molecule has 0 aliphatic carbocycles. The molecule has 0 saturated carbocycles. The summed E-state index contributed by atoms with van der Waals surface area (Å²) in [7, 11) is 0. The van der Waals surface area contributed by atoms with E-state index in [0.29, 0.717) is 11.3 Å². The number of hydrogen-bond donors (Lipinski definition) is 1. The number of alkyl halides is 3. The smallest absolute Gasteiger partial charge is 0.416 e. The Labute approximate surface area is 219 Å². The molecule has 2 atom stereocenters. The second-order valence-corrected chi connectivity index (χ2v) is 9.46. The van der Waals surface area contributed by atoms with Crippen molar-refractivity contribution in [2.45, 2.75) is 51.2 Å². The zero-order valence-electron chi connectivity index (χ0n) is 21.0. The van der Waals surface area contributed by atoms with Crippen LogP contribution in [-0.2, 0) is 12.8 Å². The van der Waals surface area contributed by atoms with Crippen molar-refractivity contribution in [1.82, 2.24) is 19.3 Å². The van der Waals surface area contributed by atoms with E-state index < -0.39 is 18.0 Å². The van der Waals surface area contributed by atoms with E-state index >= 15 is 0 Å². The molecule has 1 fully saturated rings. The molecule has 3 heterocycles. The highest BCUT2D eigenvalue weighted by molar-refractivity contribution is 5.80. The van der Waals surface area contributed by atoms with E-state index in [1.54, 1.807) is 18.3 Å². The third-order valence-corrected chi connectivity index (χ3v) is 6.93. The van der Waals surface area contributed by atoms with Crippen LogP contribution in [-0.4, -0.2) is 37.1 Å². The lowest BCUT2D eigenvalue weighted by molar-refractivity contribution is -0.137. The van der Waals surface area contributed by atoms with Gasteiger partial charge in [0.1, 0.15) is 24.4 Å². The number of hydrogen-bond acceptors (Lipinski definition) is 5. The molecule has 2 aromatic heterocycles. The summed E-state index contributed by atoms with van der Waals surface area (Å²) in [6.07, 6.45) is 2.85. The van der Waals surface area contributed by atoms with E-state index in [1.807, 2.05) is 40.6 Å². The van der Waals surface area contributed by atoms with Crippen molar-refractivity contribution < 1.29 is 23.0 Å². The molecular formula is C29H29F3N4O2. The number of imidazole rings is 1. The summed E-state index contributed by atoms with van der Waals surface area (Å²) in [5.74, 6) is 1.34. The Morgan fingerprint density at radius 2 is 2.00 bits per heavy atom. The van der Waals surface area contributed by atoms with Gasteiger partial charge in [0.25, 0.3) is 0 Å². The van der Waals surface area contributed by atoms with Crippen LogP contribution in [0, 0.1) is 6.92 Å². The van der Waals surface area contributed by atoms with E-state index in [2.05, 4.69) is 11.6 Å². The summed E-state index contributed by atoms with van der Waals surface area (Å²) in [5.41, 5.74) is 2.93. The van der Waals surface area contributed by atoms with Crippen molar-refractivity contribution in [1.29, 1.82) is 0 Å². The molecule has 6 nitrogen and oxygen atoms in total. The second kappa shape index (κ2) is 10.6. The molecule has 0 spiro atoms. The van der Waals surface area contributed by atoms with Gasteiger partial charge in [-0.15, -0.1) is 0 Å². The zero-order chi connectivity index (χ0) is 26.9. The zero-order valence-corrected chi connectivity index (χ0v) is 21.0. The van der Waals surface area contributed by atoms with Crippen molar-refractivity contribution in [2.75, 3.05) is 6.54 Å². The van der Waals surface area contributed by atoms with E-state index in [1.165, 1.54) is 12.1 Å². The van der Waals surface area contributed by atoms with Gasteiger partial charge in [-0.2, -0.15) is 13.2 Å². The molecule has 198 valence electrons. The summed E-state index contributed by atoms with van der Waals surface area (Å²) in [4.78, 5) is 11.6. The molecule has 1 aliphatic rings. The molecule has 5 rings (SSSR count). The van der Waals surface area contributed by atoms with Crippen LogP contribution in [0.25, 0.3) is 16.8 Å². The Kier molecular flexibility index (Phi) is 7.23. The summed E-state index contributed by atoms with van der Waals surface area (Å²) < 4.78 is 47.2. The maximum absolute atomic E-state index is 13.1. The highest BCUT2D eigenvalue weighted by Gasteiger charge is 2.32. The SMILES string of the molecule is C=CC(O)N1CCCC[C@H]1c1nc(-c2cccc(OCc3cccc(C(F)(F)F)c3)c2)c2c(C)nccn12. The Balaban J connectivity index is 1.48. The summed E-state index contributed by atoms with van der Waals surface area (Å²) in [5, 5.41) is 10.6. The minimum Gasteiger partial charge on any atom is -0.489 e. The van der Waals surface area contributed by atoms with Gasteiger partial charge < -0.3 is 9.84 Å². The largest absolute Gasteiger partial charge is 0.489 e. The third-order valence-electron chi connectivity index (χ3n) is 6.93. The summed E-state index contributed by atoms with van der Waals surface area (Å²) in [6.45, 7) is 6.43. The van der Waals surface area contributed by atoms with Gasteiger partial charge >= 0.3 is 6.18 Å². The van der Waals surface area contributed by atoms with E-state index in [-0.39, 0.29) is 12.6 Å². The van der Waals surface area contributed by atoms with Gasteiger partial charge in [-0.25, -0.2) is 4.98 Å². The maximum Gasteiger partial charge on any atom is 0.416 e. The molecule has 38 heavy (non-hydrogen) atoms. The average molecular weight is 523 g/mol. The minimum absolute atomic E-state index is 0.000376. The number of fused-ring (bicyclic) bond motifs is 1. The number of piperidine rings is 1. The number of aromatic nitrogens is 3. The van der Waals surface area contributed by atoms with Crippen LogP contribution in [0.15, 0.2) is 73.6 Å². The Morgan fingerprint density at radius 3 is 2.79 bits per heavy atom. The molecule has 4 aromatic rings. The molecule has 0 radical (unpaired) electrons. The van der Waals surface area contributed by atoms with Crippen molar-refractivity contribution in [3.05, 3.63) is 96.2 Å². The number of aryl methyl sites for hydroxylation is 1. The number of ether oxygens (including phenoxy) is 1. The van der Waals surface area contributed by atoms with Crippen LogP contribution in [0.1, 0.15) is 47.9 Å². The number of rotatable bonds is 7. The van der Waals surface area contributed by atoms with Gasteiger partial charge in [-0.1, -0.05) is 37.3 Å². The van der Waals surface area contributed by atoms with Gasteiger partial charge in [-0.3, -0.25) is 14.3 Å². The van der Waals surface area contributed by atoms with Gasteiger partial charge in [0.2, 0.25) is 0 Å². The first-order valence-electron chi connectivity index (χ1n) is 12.6. The number of aliphatic hydroxyl groups excluding tert-OH is 1. The fourth-order valence-corrected chi connectivity index (χ4v) is 5.08. The Morgan fingerprint density at radius 1 is 1.18 bits per heavy atom. The molecule has 1 aliphatic heterocycles. The van der Waals surface area contributed by atoms with Crippen molar-refractivity contribution in [2.24, 2.45) is 0 Å². The lowest BCUT2D eigenvalue weighted by atomic mass is 10.0. The molecule has 2 aromatic carbocycles. The first-order chi connectivity index (χ1) is 18.3.